The highest BCUT2D eigenvalue weighted by molar-refractivity contribution is 7.16. The summed E-state index contributed by atoms with van der Waals surface area (Å²) in [4.78, 5) is 30.3. The summed E-state index contributed by atoms with van der Waals surface area (Å²) in [7, 11) is 0. The van der Waals surface area contributed by atoms with Crippen LogP contribution in [0.5, 0.6) is 0 Å². The summed E-state index contributed by atoms with van der Waals surface area (Å²) in [6.45, 7) is 3.30. The Morgan fingerprint density at radius 1 is 1.17 bits per heavy atom. The number of nitrogens with one attached hydrogen (secondary N) is 1. The lowest BCUT2D eigenvalue weighted by atomic mass is 10.1. The maximum atomic E-state index is 12.6. The molecule has 0 spiro atoms. The van der Waals surface area contributed by atoms with Crippen LogP contribution in [0.4, 0.5) is 5.00 Å². The van der Waals surface area contributed by atoms with Crippen molar-refractivity contribution in [3.05, 3.63) is 50.9 Å². The third kappa shape index (κ3) is 4.36. The molecule has 1 aliphatic carbocycles. The van der Waals surface area contributed by atoms with Gasteiger partial charge in [-0.1, -0.05) is 23.7 Å². The fourth-order valence-corrected chi connectivity index (χ4v) is 5.51. The van der Waals surface area contributed by atoms with Crippen LogP contribution in [0.15, 0.2) is 24.3 Å². The molecule has 0 atom stereocenters. The number of rotatable bonds is 5. The van der Waals surface area contributed by atoms with Gasteiger partial charge in [0.15, 0.2) is 0 Å². The molecule has 1 aromatic heterocycles. The summed E-state index contributed by atoms with van der Waals surface area (Å²) < 4.78 is 0. The van der Waals surface area contributed by atoms with Crippen LogP contribution in [0, 0.1) is 11.3 Å². The SMILES string of the molecule is N#Cc1c(NC(=O)CCN2CCN(C(=O)c3ccccc3Cl)CC2)sc2c1CCC2. The van der Waals surface area contributed by atoms with E-state index in [0.717, 1.165) is 37.9 Å². The molecule has 2 heterocycles. The molecule has 2 amide bonds. The summed E-state index contributed by atoms with van der Waals surface area (Å²) in [5.74, 6) is -0.117. The molecular formula is C22H23ClN4O2S. The molecule has 0 unspecified atom stereocenters. The molecule has 1 aliphatic heterocycles. The van der Waals surface area contributed by atoms with Crippen molar-refractivity contribution < 1.29 is 9.59 Å². The lowest BCUT2D eigenvalue weighted by Gasteiger charge is -2.34. The molecule has 6 nitrogen and oxygen atoms in total. The number of hydrogen-bond acceptors (Lipinski definition) is 5. The average Bonchev–Trinajstić information content (AvgIpc) is 3.33. The van der Waals surface area contributed by atoms with E-state index in [2.05, 4.69) is 16.3 Å². The van der Waals surface area contributed by atoms with Crippen LogP contribution in [-0.2, 0) is 17.6 Å². The Bertz CT molecular complexity index is 1010. The second-order valence-electron chi connectivity index (χ2n) is 7.59. The van der Waals surface area contributed by atoms with Gasteiger partial charge in [0.05, 0.1) is 16.1 Å². The second kappa shape index (κ2) is 9.17. The third-order valence-electron chi connectivity index (χ3n) is 5.70. The summed E-state index contributed by atoms with van der Waals surface area (Å²) in [5, 5.41) is 13.5. The van der Waals surface area contributed by atoms with E-state index in [1.54, 1.807) is 23.5 Å². The molecule has 2 aliphatic rings. The Kier molecular flexibility index (Phi) is 6.38. The van der Waals surface area contributed by atoms with Crippen LogP contribution in [-0.4, -0.2) is 54.3 Å². The van der Waals surface area contributed by atoms with Gasteiger partial charge in [0.2, 0.25) is 5.91 Å². The molecule has 156 valence electrons. The van der Waals surface area contributed by atoms with E-state index in [0.29, 0.717) is 47.2 Å². The van der Waals surface area contributed by atoms with Crippen LogP contribution < -0.4 is 5.32 Å². The van der Waals surface area contributed by atoms with E-state index in [9.17, 15) is 14.9 Å². The standard InChI is InChI=1S/C22H23ClN4O2S/c23-18-6-2-1-4-16(18)22(29)27-12-10-26(11-13-27)9-8-20(28)25-21-17(14-24)15-5-3-7-19(15)30-21/h1-2,4,6H,3,5,7-13H2,(H,25,28). The van der Waals surface area contributed by atoms with Crippen molar-refractivity contribution >= 4 is 39.8 Å². The minimum atomic E-state index is -0.0685. The maximum absolute atomic E-state index is 12.6. The zero-order chi connectivity index (χ0) is 21.1. The van der Waals surface area contributed by atoms with Crippen molar-refractivity contribution in [2.45, 2.75) is 25.7 Å². The Labute approximate surface area is 185 Å². The van der Waals surface area contributed by atoms with E-state index in [4.69, 9.17) is 11.6 Å². The number of nitrogens with zero attached hydrogens (tertiary/aromatic N) is 3. The van der Waals surface area contributed by atoms with E-state index in [-0.39, 0.29) is 11.8 Å². The van der Waals surface area contributed by atoms with Crippen LogP contribution in [0.1, 0.15) is 39.2 Å². The Hall–Kier alpha value is -2.40. The van der Waals surface area contributed by atoms with Crippen LogP contribution in [0.2, 0.25) is 5.02 Å². The number of aryl methyl sites for hydroxylation is 1. The maximum Gasteiger partial charge on any atom is 0.255 e. The highest BCUT2D eigenvalue weighted by Gasteiger charge is 2.25. The van der Waals surface area contributed by atoms with Gasteiger partial charge in [-0.05, 0) is 37.0 Å². The topological polar surface area (TPSA) is 76.4 Å². The zero-order valence-corrected chi connectivity index (χ0v) is 18.2. The van der Waals surface area contributed by atoms with Gasteiger partial charge in [-0.25, -0.2) is 0 Å². The Morgan fingerprint density at radius 2 is 1.93 bits per heavy atom. The van der Waals surface area contributed by atoms with Gasteiger partial charge in [0, 0.05) is 44.0 Å². The molecule has 2 aromatic rings. The smallest absolute Gasteiger partial charge is 0.255 e. The van der Waals surface area contributed by atoms with Crippen molar-refractivity contribution in [3.8, 4) is 6.07 Å². The number of amides is 2. The van der Waals surface area contributed by atoms with E-state index in [1.807, 2.05) is 17.0 Å². The minimum Gasteiger partial charge on any atom is -0.336 e. The van der Waals surface area contributed by atoms with Gasteiger partial charge >= 0.3 is 0 Å². The number of thiophene rings is 1. The summed E-state index contributed by atoms with van der Waals surface area (Å²) in [5.41, 5.74) is 2.30. The van der Waals surface area contributed by atoms with Crippen LogP contribution in [0.25, 0.3) is 0 Å². The number of anilines is 1. The van der Waals surface area contributed by atoms with Gasteiger partial charge in [-0.3, -0.25) is 14.5 Å². The number of benzene rings is 1. The molecule has 1 N–H and O–H groups in total. The van der Waals surface area contributed by atoms with Crippen molar-refractivity contribution in [3.63, 3.8) is 0 Å². The Morgan fingerprint density at radius 3 is 2.67 bits per heavy atom. The van der Waals surface area contributed by atoms with E-state index in [1.165, 1.54) is 4.88 Å². The highest BCUT2D eigenvalue weighted by atomic mass is 35.5. The number of halogens is 1. The van der Waals surface area contributed by atoms with Crippen molar-refractivity contribution in [2.24, 2.45) is 0 Å². The van der Waals surface area contributed by atoms with E-state index >= 15 is 0 Å². The minimum absolute atomic E-state index is 0.0484. The van der Waals surface area contributed by atoms with Gasteiger partial charge < -0.3 is 10.2 Å². The lowest BCUT2D eigenvalue weighted by molar-refractivity contribution is -0.116. The highest BCUT2D eigenvalue weighted by Crippen LogP contribution is 2.38. The number of piperazine rings is 1. The summed E-state index contributed by atoms with van der Waals surface area (Å²) >= 11 is 7.68. The lowest BCUT2D eigenvalue weighted by Crippen LogP contribution is -2.49. The monoisotopic (exact) mass is 442 g/mol. The van der Waals surface area contributed by atoms with Gasteiger partial charge in [-0.2, -0.15) is 5.26 Å². The second-order valence-corrected chi connectivity index (χ2v) is 9.10. The molecule has 4 rings (SSSR count). The largest absolute Gasteiger partial charge is 0.336 e. The summed E-state index contributed by atoms with van der Waals surface area (Å²) in [6.07, 6.45) is 3.39. The quantitative estimate of drug-likeness (QED) is 0.768. The number of carbonyl (C=O) groups excluding carboxylic acids is 2. The first kappa shape index (κ1) is 20.9. The summed E-state index contributed by atoms with van der Waals surface area (Å²) in [6, 6.07) is 9.36. The van der Waals surface area contributed by atoms with Gasteiger partial charge in [0.1, 0.15) is 11.1 Å². The predicted octanol–water partition coefficient (Wildman–Crippen LogP) is 3.55. The van der Waals surface area contributed by atoms with Crippen molar-refractivity contribution in [2.75, 3.05) is 38.0 Å². The zero-order valence-electron chi connectivity index (χ0n) is 16.6. The number of nitriles is 1. The average molecular weight is 443 g/mol. The van der Waals surface area contributed by atoms with Crippen LogP contribution >= 0.6 is 22.9 Å². The molecular weight excluding hydrogens is 420 g/mol. The third-order valence-corrected chi connectivity index (χ3v) is 7.24. The predicted molar refractivity (Wildman–Crippen MR) is 118 cm³/mol. The molecule has 1 aromatic carbocycles. The molecule has 1 saturated heterocycles. The molecule has 0 radical (unpaired) electrons. The first-order valence-electron chi connectivity index (χ1n) is 10.2. The number of hydrogen-bond donors (Lipinski definition) is 1. The Balaban J connectivity index is 1.25. The van der Waals surface area contributed by atoms with Gasteiger partial charge in [0.25, 0.3) is 5.91 Å². The molecule has 30 heavy (non-hydrogen) atoms. The van der Waals surface area contributed by atoms with Crippen molar-refractivity contribution in [1.82, 2.24) is 9.80 Å². The number of fused-ring (bicyclic) bond motifs is 1. The first-order chi connectivity index (χ1) is 14.6. The molecule has 8 heteroatoms. The van der Waals surface area contributed by atoms with Crippen molar-refractivity contribution in [1.29, 1.82) is 5.26 Å². The fraction of sp³-hybridized carbons (Fsp3) is 0.409. The fourth-order valence-electron chi connectivity index (χ4n) is 4.04. The van der Waals surface area contributed by atoms with Crippen LogP contribution in [0.3, 0.4) is 0 Å². The van der Waals surface area contributed by atoms with Gasteiger partial charge in [-0.15, -0.1) is 11.3 Å². The van der Waals surface area contributed by atoms with E-state index < -0.39 is 0 Å². The normalized spacial score (nSPS) is 16.2. The molecule has 1 fully saturated rings. The molecule has 0 saturated carbocycles. The first-order valence-corrected chi connectivity index (χ1v) is 11.4. The molecule has 0 bridgehead atoms. The number of carbonyl (C=O) groups is 2.